The molecular formula is C24H17N3O2. The van der Waals surface area contributed by atoms with Crippen LogP contribution >= 0.6 is 0 Å². The molecule has 0 aliphatic heterocycles. The lowest BCUT2D eigenvalue weighted by Gasteiger charge is -2.16. The molecule has 0 saturated heterocycles. The molecule has 29 heavy (non-hydrogen) atoms. The van der Waals surface area contributed by atoms with E-state index >= 15 is 0 Å². The first-order valence-corrected chi connectivity index (χ1v) is 9.09. The average molecular weight is 379 g/mol. The molecule has 0 radical (unpaired) electrons. The van der Waals surface area contributed by atoms with E-state index in [0.717, 1.165) is 0 Å². The fraction of sp³-hybridized carbons (Fsp3) is 0.0417. The number of aliphatic hydroxyl groups is 1. The summed E-state index contributed by atoms with van der Waals surface area (Å²) in [6.45, 7) is 0. The molecule has 0 amide bonds. The zero-order valence-electron chi connectivity index (χ0n) is 15.4. The van der Waals surface area contributed by atoms with Gasteiger partial charge in [0.05, 0.1) is 17.3 Å². The van der Waals surface area contributed by atoms with E-state index in [-0.39, 0.29) is 5.56 Å². The first-order chi connectivity index (χ1) is 14.2. The van der Waals surface area contributed by atoms with E-state index in [9.17, 15) is 15.2 Å². The molecule has 0 aliphatic rings. The van der Waals surface area contributed by atoms with Gasteiger partial charge in [0.2, 0.25) is 0 Å². The second-order valence-electron chi connectivity index (χ2n) is 6.51. The Labute approximate surface area is 167 Å². The zero-order chi connectivity index (χ0) is 20.2. The molecule has 0 bridgehead atoms. The summed E-state index contributed by atoms with van der Waals surface area (Å²) >= 11 is 0. The fourth-order valence-electron chi connectivity index (χ4n) is 3.25. The minimum absolute atomic E-state index is 0.268. The van der Waals surface area contributed by atoms with Gasteiger partial charge in [0.15, 0.2) is 0 Å². The van der Waals surface area contributed by atoms with Crippen molar-refractivity contribution in [2.24, 2.45) is 0 Å². The van der Waals surface area contributed by atoms with Crippen LogP contribution < -0.4 is 5.56 Å². The van der Waals surface area contributed by atoms with Crippen LogP contribution in [0.25, 0.3) is 16.8 Å². The first-order valence-electron chi connectivity index (χ1n) is 9.09. The lowest BCUT2D eigenvalue weighted by atomic mass is 9.98. The van der Waals surface area contributed by atoms with E-state index in [4.69, 9.17) is 0 Å². The monoisotopic (exact) mass is 379 g/mol. The Morgan fingerprint density at radius 1 is 0.931 bits per heavy atom. The van der Waals surface area contributed by atoms with Crippen molar-refractivity contribution >= 4 is 0 Å². The minimum Gasteiger partial charge on any atom is -0.382 e. The molecule has 5 heteroatoms. The van der Waals surface area contributed by atoms with Crippen LogP contribution in [-0.2, 0) is 0 Å². The van der Waals surface area contributed by atoms with Crippen LogP contribution in [0.2, 0.25) is 0 Å². The van der Waals surface area contributed by atoms with Crippen molar-refractivity contribution < 1.29 is 5.11 Å². The van der Waals surface area contributed by atoms with Crippen molar-refractivity contribution in [1.29, 1.82) is 5.26 Å². The molecule has 0 spiro atoms. The highest BCUT2D eigenvalue weighted by molar-refractivity contribution is 5.70. The van der Waals surface area contributed by atoms with Crippen LogP contribution in [0.15, 0.2) is 96.1 Å². The number of nitriles is 1. The average Bonchev–Trinajstić information content (AvgIpc) is 2.80. The molecule has 1 N–H and O–H groups in total. The third-order valence-electron chi connectivity index (χ3n) is 4.69. The summed E-state index contributed by atoms with van der Waals surface area (Å²) in [7, 11) is 0. The van der Waals surface area contributed by atoms with Crippen LogP contribution in [0, 0.1) is 11.3 Å². The lowest BCUT2D eigenvalue weighted by Crippen LogP contribution is -2.22. The van der Waals surface area contributed by atoms with Gasteiger partial charge in [0, 0.05) is 34.8 Å². The van der Waals surface area contributed by atoms with Gasteiger partial charge >= 0.3 is 0 Å². The number of aromatic nitrogens is 2. The molecule has 4 aromatic rings. The predicted molar refractivity (Wildman–Crippen MR) is 110 cm³/mol. The maximum absolute atomic E-state index is 13.3. The number of para-hydroxylation sites is 1. The van der Waals surface area contributed by atoms with Crippen molar-refractivity contribution in [3.63, 3.8) is 0 Å². The normalized spacial score (nSPS) is 11.6. The van der Waals surface area contributed by atoms with Crippen LogP contribution in [-0.4, -0.2) is 14.7 Å². The number of rotatable bonds is 4. The number of nitrogens with zero attached hydrogens (tertiary/aromatic N) is 3. The summed E-state index contributed by atoms with van der Waals surface area (Å²) in [4.78, 5) is 17.5. The highest BCUT2D eigenvalue weighted by atomic mass is 16.3. The second kappa shape index (κ2) is 7.93. The summed E-state index contributed by atoms with van der Waals surface area (Å²) in [5.74, 6) is 0. The molecule has 5 nitrogen and oxygen atoms in total. The molecule has 1 unspecified atom stereocenters. The highest BCUT2D eigenvalue weighted by Crippen LogP contribution is 2.26. The van der Waals surface area contributed by atoms with Crippen molar-refractivity contribution in [3.05, 3.63) is 118 Å². The van der Waals surface area contributed by atoms with Crippen LogP contribution in [0.3, 0.4) is 0 Å². The summed E-state index contributed by atoms with van der Waals surface area (Å²) in [6, 6.07) is 25.2. The summed E-state index contributed by atoms with van der Waals surface area (Å²) in [5, 5.41) is 20.4. The van der Waals surface area contributed by atoms with E-state index in [2.05, 4.69) is 11.1 Å². The molecule has 0 saturated carbocycles. The van der Waals surface area contributed by atoms with Crippen molar-refractivity contribution in [2.45, 2.75) is 6.10 Å². The molecule has 2 heterocycles. The molecular weight excluding hydrogens is 362 g/mol. The van der Waals surface area contributed by atoms with E-state index in [1.165, 1.54) is 4.57 Å². The SMILES string of the molecule is N#Cc1ccccc1-c1cc(C(O)c2ccccn2)cn(-c2ccccc2)c1=O. The minimum atomic E-state index is -1.01. The van der Waals surface area contributed by atoms with E-state index in [1.54, 1.807) is 60.9 Å². The maximum atomic E-state index is 13.3. The first kappa shape index (κ1) is 18.4. The molecule has 0 aliphatic carbocycles. The number of hydrogen-bond donors (Lipinski definition) is 1. The quantitative estimate of drug-likeness (QED) is 0.584. The Bertz CT molecular complexity index is 1240. The number of benzene rings is 2. The van der Waals surface area contributed by atoms with Gasteiger partial charge in [-0.25, -0.2) is 0 Å². The Hall–Kier alpha value is -4.01. The molecule has 1 atom stereocenters. The largest absolute Gasteiger partial charge is 0.382 e. The molecule has 2 aromatic heterocycles. The van der Waals surface area contributed by atoms with E-state index in [1.807, 2.05) is 30.3 Å². The fourth-order valence-corrected chi connectivity index (χ4v) is 3.25. The van der Waals surface area contributed by atoms with Crippen LogP contribution in [0.1, 0.15) is 22.9 Å². The van der Waals surface area contributed by atoms with Gasteiger partial charge in [-0.15, -0.1) is 0 Å². The Morgan fingerprint density at radius 2 is 1.66 bits per heavy atom. The third kappa shape index (κ3) is 3.57. The Balaban J connectivity index is 1.98. The van der Waals surface area contributed by atoms with Gasteiger partial charge in [-0.2, -0.15) is 5.26 Å². The second-order valence-corrected chi connectivity index (χ2v) is 6.51. The van der Waals surface area contributed by atoms with Crippen molar-refractivity contribution in [2.75, 3.05) is 0 Å². The maximum Gasteiger partial charge on any atom is 0.263 e. The zero-order valence-corrected chi connectivity index (χ0v) is 15.4. The topological polar surface area (TPSA) is 78.9 Å². The van der Waals surface area contributed by atoms with Gasteiger partial charge in [-0.3, -0.25) is 14.3 Å². The smallest absolute Gasteiger partial charge is 0.263 e. The summed E-state index contributed by atoms with van der Waals surface area (Å²) < 4.78 is 1.49. The van der Waals surface area contributed by atoms with Gasteiger partial charge < -0.3 is 5.11 Å². The Morgan fingerprint density at radius 3 is 2.38 bits per heavy atom. The summed E-state index contributed by atoms with van der Waals surface area (Å²) in [6.07, 6.45) is 2.22. The highest BCUT2D eigenvalue weighted by Gasteiger charge is 2.18. The number of pyridine rings is 2. The molecule has 0 fully saturated rings. The van der Waals surface area contributed by atoms with Crippen molar-refractivity contribution in [1.82, 2.24) is 9.55 Å². The number of aliphatic hydroxyl groups excluding tert-OH is 1. The van der Waals surface area contributed by atoms with Gasteiger partial charge in [0.25, 0.3) is 5.56 Å². The third-order valence-corrected chi connectivity index (χ3v) is 4.69. The number of hydrogen-bond acceptors (Lipinski definition) is 4. The molecule has 140 valence electrons. The Kier molecular flexibility index (Phi) is 5.02. The van der Waals surface area contributed by atoms with Gasteiger partial charge in [-0.05, 0) is 36.4 Å². The summed E-state index contributed by atoms with van der Waals surface area (Å²) in [5.41, 5.74) is 2.66. The van der Waals surface area contributed by atoms with E-state index < -0.39 is 6.10 Å². The van der Waals surface area contributed by atoms with Crippen molar-refractivity contribution in [3.8, 4) is 22.9 Å². The molecule has 4 rings (SSSR count). The van der Waals surface area contributed by atoms with Crippen LogP contribution in [0.4, 0.5) is 0 Å². The standard InChI is InChI=1S/C24H17N3O2/c25-15-17-8-4-5-11-20(17)21-14-18(23(28)22-12-6-7-13-26-22)16-27(24(21)29)19-9-2-1-3-10-19/h1-14,16,23,28H. The van der Waals surface area contributed by atoms with Gasteiger partial charge in [-0.1, -0.05) is 42.5 Å². The molecule has 2 aromatic carbocycles. The predicted octanol–water partition coefficient (Wildman–Crippen LogP) is 3.85. The van der Waals surface area contributed by atoms with Crippen LogP contribution in [0.5, 0.6) is 0 Å². The van der Waals surface area contributed by atoms with Gasteiger partial charge in [0.1, 0.15) is 6.10 Å². The van der Waals surface area contributed by atoms with E-state index in [0.29, 0.717) is 33.6 Å². The lowest BCUT2D eigenvalue weighted by molar-refractivity contribution is 0.214.